The summed E-state index contributed by atoms with van der Waals surface area (Å²) in [7, 11) is 4.14. The van der Waals surface area contributed by atoms with E-state index in [2.05, 4.69) is 24.2 Å². The molecule has 2 fully saturated rings. The predicted molar refractivity (Wildman–Crippen MR) is 73.4 cm³/mol. The topological polar surface area (TPSA) is 35.6 Å². The standard InChI is InChI=1S/C14H27N3O/c1-11-13(5-4-7-15-11)14(18)17(3)10-12-6-8-16(2)9-12/h11-13,15H,4-10H2,1-3H3. The van der Waals surface area contributed by atoms with E-state index < -0.39 is 0 Å². The summed E-state index contributed by atoms with van der Waals surface area (Å²) in [5, 5.41) is 3.41. The Labute approximate surface area is 111 Å². The van der Waals surface area contributed by atoms with Crippen LogP contribution in [0, 0.1) is 11.8 Å². The third-order valence-corrected chi connectivity index (χ3v) is 4.48. The Hall–Kier alpha value is -0.610. The minimum absolute atomic E-state index is 0.183. The van der Waals surface area contributed by atoms with Gasteiger partial charge in [0.2, 0.25) is 5.91 Å². The maximum absolute atomic E-state index is 12.5. The molecule has 104 valence electrons. The van der Waals surface area contributed by atoms with E-state index in [0.29, 0.717) is 17.9 Å². The van der Waals surface area contributed by atoms with Gasteiger partial charge in [0.25, 0.3) is 0 Å². The molecular weight excluding hydrogens is 226 g/mol. The quantitative estimate of drug-likeness (QED) is 0.807. The van der Waals surface area contributed by atoms with E-state index in [-0.39, 0.29) is 5.92 Å². The van der Waals surface area contributed by atoms with Gasteiger partial charge in [-0.2, -0.15) is 0 Å². The average Bonchev–Trinajstić information content (AvgIpc) is 2.74. The fourth-order valence-corrected chi connectivity index (χ4v) is 3.32. The van der Waals surface area contributed by atoms with Gasteiger partial charge >= 0.3 is 0 Å². The number of likely N-dealkylation sites (tertiary alicyclic amines) is 1. The molecule has 0 radical (unpaired) electrons. The Bertz CT molecular complexity index is 295. The summed E-state index contributed by atoms with van der Waals surface area (Å²) in [6, 6.07) is 0.333. The SMILES string of the molecule is CC1NCCCC1C(=O)N(C)CC1CCN(C)C1. The van der Waals surface area contributed by atoms with Crippen molar-refractivity contribution in [1.29, 1.82) is 0 Å². The molecule has 3 unspecified atom stereocenters. The maximum Gasteiger partial charge on any atom is 0.226 e. The van der Waals surface area contributed by atoms with Crippen LogP contribution in [0.2, 0.25) is 0 Å². The molecule has 0 bridgehead atoms. The lowest BCUT2D eigenvalue weighted by molar-refractivity contribution is -0.136. The van der Waals surface area contributed by atoms with Gasteiger partial charge in [0, 0.05) is 26.2 Å². The molecule has 2 aliphatic heterocycles. The van der Waals surface area contributed by atoms with Crippen LogP contribution in [0.15, 0.2) is 0 Å². The van der Waals surface area contributed by atoms with Crippen molar-refractivity contribution < 1.29 is 4.79 Å². The van der Waals surface area contributed by atoms with Crippen molar-refractivity contribution in [2.45, 2.75) is 32.2 Å². The van der Waals surface area contributed by atoms with Crippen LogP contribution >= 0.6 is 0 Å². The number of amides is 1. The molecule has 1 amide bonds. The lowest BCUT2D eigenvalue weighted by Crippen LogP contribution is -2.48. The summed E-state index contributed by atoms with van der Waals surface area (Å²) >= 11 is 0. The molecule has 0 spiro atoms. The van der Waals surface area contributed by atoms with E-state index in [1.807, 2.05) is 11.9 Å². The molecule has 2 heterocycles. The lowest BCUT2D eigenvalue weighted by atomic mass is 9.90. The molecule has 2 saturated heterocycles. The molecule has 2 aliphatic rings. The second-order valence-electron chi connectivity index (χ2n) is 6.13. The number of hydrogen-bond acceptors (Lipinski definition) is 3. The molecule has 0 aliphatic carbocycles. The number of rotatable bonds is 3. The fourth-order valence-electron chi connectivity index (χ4n) is 3.32. The van der Waals surface area contributed by atoms with Gasteiger partial charge in [-0.15, -0.1) is 0 Å². The molecule has 3 atom stereocenters. The highest BCUT2D eigenvalue weighted by atomic mass is 16.2. The Balaban J connectivity index is 1.84. The van der Waals surface area contributed by atoms with Gasteiger partial charge in [-0.05, 0) is 52.2 Å². The molecule has 0 aromatic carbocycles. The molecule has 4 nitrogen and oxygen atoms in total. The maximum atomic E-state index is 12.5. The molecule has 0 saturated carbocycles. The van der Waals surface area contributed by atoms with Gasteiger partial charge in [-0.3, -0.25) is 4.79 Å². The monoisotopic (exact) mass is 253 g/mol. The lowest BCUT2D eigenvalue weighted by Gasteiger charge is -2.33. The number of nitrogens with one attached hydrogen (secondary N) is 1. The smallest absolute Gasteiger partial charge is 0.226 e. The Kier molecular flexibility index (Phi) is 4.62. The summed E-state index contributed by atoms with van der Waals surface area (Å²) in [5.41, 5.74) is 0. The minimum atomic E-state index is 0.183. The molecular formula is C14H27N3O. The van der Waals surface area contributed by atoms with Crippen LogP contribution in [-0.4, -0.2) is 62.0 Å². The van der Waals surface area contributed by atoms with Crippen LogP contribution < -0.4 is 5.32 Å². The number of piperidine rings is 1. The first-order chi connectivity index (χ1) is 8.58. The van der Waals surface area contributed by atoms with E-state index in [1.165, 1.54) is 13.0 Å². The molecule has 18 heavy (non-hydrogen) atoms. The first-order valence-electron chi connectivity index (χ1n) is 7.25. The van der Waals surface area contributed by atoms with E-state index in [4.69, 9.17) is 0 Å². The summed E-state index contributed by atoms with van der Waals surface area (Å²) in [5.74, 6) is 1.18. The highest BCUT2D eigenvalue weighted by molar-refractivity contribution is 5.79. The average molecular weight is 253 g/mol. The Morgan fingerprint density at radius 2 is 2.22 bits per heavy atom. The third kappa shape index (κ3) is 3.23. The molecule has 2 rings (SSSR count). The minimum Gasteiger partial charge on any atom is -0.345 e. The summed E-state index contributed by atoms with van der Waals surface area (Å²) in [6.07, 6.45) is 3.40. The van der Waals surface area contributed by atoms with E-state index >= 15 is 0 Å². The van der Waals surface area contributed by atoms with Gasteiger partial charge in [0.15, 0.2) is 0 Å². The highest BCUT2D eigenvalue weighted by Gasteiger charge is 2.31. The zero-order valence-corrected chi connectivity index (χ0v) is 12.0. The van der Waals surface area contributed by atoms with Crippen LogP contribution in [0.4, 0.5) is 0 Å². The van der Waals surface area contributed by atoms with E-state index in [9.17, 15) is 4.79 Å². The first kappa shape index (κ1) is 13.8. The van der Waals surface area contributed by atoms with Crippen molar-refractivity contribution in [1.82, 2.24) is 15.1 Å². The zero-order chi connectivity index (χ0) is 13.1. The van der Waals surface area contributed by atoms with Crippen LogP contribution in [0.5, 0.6) is 0 Å². The highest BCUT2D eigenvalue weighted by Crippen LogP contribution is 2.21. The predicted octanol–water partition coefficient (Wildman–Crippen LogP) is 0.785. The summed E-state index contributed by atoms with van der Waals surface area (Å²) in [4.78, 5) is 16.8. The Morgan fingerprint density at radius 1 is 1.44 bits per heavy atom. The number of nitrogens with zero attached hydrogens (tertiary/aromatic N) is 2. The van der Waals surface area contributed by atoms with Crippen molar-refractivity contribution in [3.05, 3.63) is 0 Å². The molecule has 1 N–H and O–H groups in total. The van der Waals surface area contributed by atoms with Gasteiger partial charge in [0.1, 0.15) is 0 Å². The van der Waals surface area contributed by atoms with Crippen LogP contribution in [-0.2, 0) is 4.79 Å². The van der Waals surface area contributed by atoms with Crippen LogP contribution in [0.1, 0.15) is 26.2 Å². The van der Waals surface area contributed by atoms with Gasteiger partial charge in [-0.25, -0.2) is 0 Å². The number of carbonyl (C=O) groups is 1. The largest absolute Gasteiger partial charge is 0.345 e. The van der Waals surface area contributed by atoms with Crippen molar-refractivity contribution in [2.75, 3.05) is 40.3 Å². The van der Waals surface area contributed by atoms with Crippen molar-refractivity contribution in [3.63, 3.8) is 0 Å². The van der Waals surface area contributed by atoms with Crippen molar-refractivity contribution in [3.8, 4) is 0 Å². The van der Waals surface area contributed by atoms with Gasteiger partial charge < -0.3 is 15.1 Å². The molecule has 4 heteroatoms. The van der Waals surface area contributed by atoms with Crippen LogP contribution in [0.25, 0.3) is 0 Å². The summed E-state index contributed by atoms with van der Waals surface area (Å²) in [6.45, 7) is 6.43. The first-order valence-corrected chi connectivity index (χ1v) is 7.25. The van der Waals surface area contributed by atoms with E-state index in [0.717, 1.165) is 32.5 Å². The zero-order valence-electron chi connectivity index (χ0n) is 12.0. The second kappa shape index (κ2) is 6.02. The fraction of sp³-hybridized carbons (Fsp3) is 0.929. The van der Waals surface area contributed by atoms with Crippen LogP contribution in [0.3, 0.4) is 0 Å². The number of carbonyl (C=O) groups excluding carboxylic acids is 1. The Morgan fingerprint density at radius 3 is 2.83 bits per heavy atom. The van der Waals surface area contributed by atoms with Crippen molar-refractivity contribution >= 4 is 5.91 Å². The third-order valence-electron chi connectivity index (χ3n) is 4.48. The normalized spacial score (nSPS) is 33.6. The van der Waals surface area contributed by atoms with Gasteiger partial charge in [-0.1, -0.05) is 0 Å². The molecule has 0 aromatic heterocycles. The molecule has 0 aromatic rings. The summed E-state index contributed by atoms with van der Waals surface area (Å²) < 4.78 is 0. The second-order valence-corrected chi connectivity index (χ2v) is 6.13. The van der Waals surface area contributed by atoms with E-state index in [1.54, 1.807) is 0 Å². The van der Waals surface area contributed by atoms with Crippen molar-refractivity contribution in [2.24, 2.45) is 11.8 Å². The van der Waals surface area contributed by atoms with Gasteiger partial charge in [0.05, 0.1) is 5.92 Å². The number of hydrogen-bond donors (Lipinski definition) is 1.